The molecule has 2 aromatic rings. The lowest BCUT2D eigenvalue weighted by molar-refractivity contribution is -0.140. The first kappa shape index (κ1) is 22.0. The van der Waals surface area contributed by atoms with Crippen molar-refractivity contribution in [1.29, 1.82) is 0 Å². The summed E-state index contributed by atoms with van der Waals surface area (Å²) in [6.07, 6.45) is 11.0. The van der Waals surface area contributed by atoms with Gasteiger partial charge in [0, 0.05) is 44.4 Å². The van der Waals surface area contributed by atoms with Gasteiger partial charge in [-0.3, -0.25) is 14.6 Å². The van der Waals surface area contributed by atoms with Gasteiger partial charge in [0.25, 0.3) is 0 Å². The van der Waals surface area contributed by atoms with Crippen molar-refractivity contribution in [3.63, 3.8) is 0 Å². The molecular formula is C25H28FN3O3. The summed E-state index contributed by atoms with van der Waals surface area (Å²) < 4.78 is 19.9. The monoisotopic (exact) mass is 437 g/mol. The van der Waals surface area contributed by atoms with E-state index in [0.29, 0.717) is 37.2 Å². The van der Waals surface area contributed by atoms with Crippen molar-refractivity contribution in [1.82, 2.24) is 14.8 Å². The summed E-state index contributed by atoms with van der Waals surface area (Å²) in [6.45, 7) is 2.87. The number of ether oxygens (including phenoxy) is 1. The number of carbonyl (C=O) groups excluding carboxylic acids is 2. The first-order valence-corrected chi connectivity index (χ1v) is 11.2. The molecule has 6 nitrogen and oxygen atoms in total. The van der Waals surface area contributed by atoms with Gasteiger partial charge in [-0.15, -0.1) is 0 Å². The van der Waals surface area contributed by atoms with Gasteiger partial charge in [0.1, 0.15) is 5.75 Å². The number of pyridine rings is 1. The molecule has 1 aromatic carbocycles. The summed E-state index contributed by atoms with van der Waals surface area (Å²) in [7, 11) is 0. The zero-order chi connectivity index (χ0) is 22.3. The fraction of sp³-hybridized carbons (Fsp3) is 0.400. The van der Waals surface area contributed by atoms with Crippen LogP contribution in [0.3, 0.4) is 0 Å². The lowest BCUT2D eigenvalue weighted by atomic mass is 9.94. The molecule has 168 valence electrons. The molecule has 2 amide bonds. The van der Waals surface area contributed by atoms with Crippen LogP contribution < -0.4 is 4.74 Å². The molecule has 2 aliphatic heterocycles. The molecule has 2 saturated heterocycles. The molecule has 1 aromatic heterocycles. The van der Waals surface area contributed by atoms with Crippen LogP contribution in [0.4, 0.5) is 4.39 Å². The second kappa shape index (κ2) is 10.4. The molecular weight excluding hydrogens is 409 g/mol. The number of nitrogens with zero attached hydrogens (tertiary/aromatic N) is 3. The number of likely N-dealkylation sites (tertiary alicyclic amines) is 2. The minimum atomic E-state index is -0.513. The maximum Gasteiger partial charge on any atom is 0.246 e. The summed E-state index contributed by atoms with van der Waals surface area (Å²) in [4.78, 5) is 32.9. The molecule has 2 aliphatic rings. The van der Waals surface area contributed by atoms with Crippen LogP contribution in [0.5, 0.6) is 11.5 Å². The van der Waals surface area contributed by atoms with Crippen LogP contribution >= 0.6 is 0 Å². The van der Waals surface area contributed by atoms with Crippen molar-refractivity contribution >= 4 is 17.9 Å². The molecule has 0 N–H and O–H groups in total. The maximum atomic E-state index is 14.4. The van der Waals surface area contributed by atoms with Crippen LogP contribution in [-0.2, 0) is 9.59 Å². The van der Waals surface area contributed by atoms with E-state index in [-0.39, 0.29) is 23.5 Å². The van der Waals surface area contributed by atoms with Gasteiger partial charge in [-0.2, -0.15) is 0 Å². The molecule has 0 spiro atoms. The fourth-order valence-electron chi connectivity index (χ4n) is 4.23. The minimum absolute atomic E-state index is 0.0163. The molecule has 0 bridgehead atoms. The predicted molar refractivity (Wildman–Crippen MR) is 119 cm³/mol. The van der Waals surface area contributed by atoms with Gasteiger partial charge in [-0.1, -0.05) is 6.07 Å². The molecule has 0 unspecified atom stereocenters. The largest absolute Gasteiger partial charge is 0.453 e. The highest BCUT2D eigenvalue weighted by Crippen LogP contribution is 2.25. The van der Waals surface area contributed by atoms with E-state index in [1.54, 1.807) is 35.4 Å². The highest BCUT2D eigenvalue weighted by Gasteiger charge is 2.30. The molecule has 0 atom stereocenters. The molecule has 2 fully saturated rings. The molecule has 32 heavy (non-hydrogen) atoms. The van der Waals surface area contributed by atoms with E-state index in [2.05, 4.69) is 4.98 Å². The average molecular weight is 438 g/mol. The van der Waals surface area contributed by atoms with Crippen molar-refractivity contribution in [2.75, 3.05) is 26.2 Å². The lowest BCUT2D eigenvalue weighted by Crippen LogP contribution is -2.45. The summed E-state index contributed by atoms with van der Waals surface area (Å²) in [5.41, 5.74) is 0.574. The number of carbonyl (C=O) groups is 2. The van der Waals surface area contributed by atoms with Gasteiger partial charge in [-0.25, -0.2) is 4.39 Å². The van der Waals surface area contributed by atoms with E-state index < -0.39 is 5.82 Å². The summed E-state index contributed by atoms with van der Waals surface area (Å²) in [5.74, 6) is 0.179. The van der Waals surface area contributed by atoms with E-state index >= 15 is 0 Å². The van der Waals surface area contributed by atoms with E-state index in [9.17, 15) is 14.0 Å². The minimum Gasteiger partial charge on any atom is -0.453 e. The summed E-state index contributed by atoms with van der Waals surface area (Å²) in [5, 5.41) is 0. The Hall–Kier alpha value is -3.22. The highest BCUT2D eigenvalue weighted by atomic mass is 19.1. The second-order valence-corrected chi connectivity index (χ2v) is 8.30. The third kappa shape index (κ3) is 5.52. The van der Waals surface area contributed by atoms with E-state index in [4.69, 9.17) is 4.74 Å². The van der Waals surface area contributed by atoms with Gasteiger partial charge >= 0.3 is 0 Å². The van der Waals surface area contributed by atoms with Crippen molar-refractivity contribution in [2.24, 2.45) is 5.92 Å². The topological polar surface area (TPSA) is 62.7 Å². The Kier molecular flexibility index (Phi) is 7.14. The standard InChI is InChI=1S/C25H28FN3O3/c26-22-17-19(6-8-23(22)32-21-5-4-12-27-18-21)7-9-24(30)28-15-10-20(11-16-28)25(31)29-13-2-1-3-14-29/h4-9,12,17-18,20H,1-3,10-11,13-16H2/b9-7+. The number of benzene rings is 1. The lowest BCUT2D eigenvalue weighted by Gasteiger charge is -2.35. The summed E-state index contributed by atoms with van der Waals surface area (Å²) in [6, 6.07) is 7.97. The van der Waals surface area contributed by atoms with Gasteiger partial charge in [0.15, 0.2) is 11.6 Å². The van der Waals surface area contributed by atoms with Crippen LogP contribution in [0.1, 0.15) is 37.7 Å². The third-order valence-corrected chi connectivity index (χ3v) is 6.06. The SMILES string of the molecule is O=C(/C=C/c1ccc(Oc2cccnc2)c(F)c1)N1CCC(C(=O)N2CCCCC2)CC1. The number of halogens is 1. The van der Waals surface area contributed by atoms with Gasteiger partial charge in [0.05, 0.1) is 6.20 Å². The number of rotatable bonds is 5. The van der Waals surface area contributed by atoms with Crippen molar-refractivity contribution in [2.45, 2.75) is 32.1 Å². The molecule has 0 radical (unpaired) electrons. The number of amides is 2. The Morgan fingerprint density at radius 1 is 1.03 bits per heavy atom. The smallest absolute Gasteiger partial charge is 0.246 e. The zero-order valence-electron chi connectivity index (χ0n) is 18.1. The maximum absolute atomic E-state index is 14.4. The first-order chi connectivity index (χ1) is 15.6. The predicted octanol–water partition coefficient (Wildman–Crippen LogP) is 4.28. The average Bonchev–Trinajstić information content (AvgIpc) is 2.85. The van der Waals surface area contributed by atoms with Gasteiger partial charge in [0.2, 0.25) is 11.8 Å². The normalized spacial score (nSPS) is 17.5. The molecule has 3 heterocycles. The Morgan fingerprint density at radius 2 is 1.81 bits per heavy atom. The van der Waals surface area contributed by atoms with Gasteiger partial charge in [-0.05, 0) is 68.0 Å². The number of aromatic nitrogens is 1. The number of hydrogen-bond acceptors (Lipinski definition) is 4. The highest BCUT2D eigenvalue weighted by molar-refractivity contribution is 5.92. The van der Waals surface area contributed by atoms with Gasteiger partial charge < -0.3 is 14.5 Å². The first-order valence-electron chi connectivity index (χ1n) is 11.2. The number of piperidine rings is 2. The van der Waals surface area contributed by atoms with Crippen LogP contribution in [0, 0.1) is 11.7 Å². The molecule has 0 aliphatic carbocycles. The quantitative estimate of drug-likeness (QED) is 0.655. The van der Waals surface area contributed by atoms with Crippen molar-refractivity contribution < 1.29 is 18.7 Å². The van der Waals surface area contributed by atoms with Crippen LogP contribution in [-0.4, -0.2) is 52.8 Å². The van der Waals surface area contributed by atoms with E-state index in [1.807, 2.05) is 4.90 Å². The molecule has 4 rings (SSSR count). The van der Waals surface area contributed by atoms with Crippen molar-refractivity contribution in [3.8, 4) is 11.5 Å². The number of hydrogen-bond donors (Lipinski definition) is 0. The molecule has 0 saturated carbocycles. The van der Waals surface area contributed by atoms with E-state index in [0.717, 1.165) is 25.9 Å². The third-order valence-electron chi connectivity index (χ3n) is 6.06. The van der Waals surface area contributed by atoms with Crippen LogP contribution in [0.2, 0.25) is 0 Å². The Bertz CT molecular complexity index is 966. The van der Waals surface area contributed by atoms with Crippen LogP contribution in [0.15, 0.2) is 48.8 Å². The van der Waals surface area contributed by atoms with E-state index in [1.165, 1.54) is 30.8 Å². The zero-order valence-corrected chi connectivity index (χ0v) is 18.1. The Balaban J connectivity index is 1.29. The van der Waals surface area contributed by atoms with Crippen LogP contribution in [0.25, 0.3) is 6.08 Å². The van der Waals surface area contributed by atoms with Crippen molar-refractivity contribution in [3.05, 3.63) is 60.2 Å². The Morgan fingerprint density at radius 3 is 2.50 bits per heavy atom. The fourth-order valence-corrected chi connectivity index (χ4v) is 4.23. The summed E-state index contributed by atoms with van der Waals surface area (Å²) >= 11 is 0. The molecule has 7 heteroatoms. The Labute approximate surface area is 187 Å². The second-order valence-electron chi connectivity index (χ2n) is 8.30.